The highest BCUT2D eigenvalue weighted by Gasteiger charge is 2.20. The molecule has 0 saturated heterocycles. The molecule has 0 saturated carbocycles. The predicted octanol–water partition coefficient (Wildman–Crippen LogP) is 2.15. The number of nitrogens with zero attached hydrogens (tertiary/aromatic N) is 3. The first-order chi connectivity index (χ1) is 12.7. The molecule has 0 unspecified atom stereocenters. The van der Waals surface area contributed by atoms with Crippen LogP contribution in [-0.2, 0) is 15.4 Å². The maximum Gasteiger partial charge on any atom is 0.263 e. The normalized spacial score (nSPS) is 12.4. The summed E-state index contributed by atoms with van der Waals surface area (Å²) in [6.07, 6.45) is 1.89. The highest BCUT2D eigenvalue weighted by molar-refractivity contribution is 7.91. The summed E-state index contributed by atoms with van der Waals surface area (Å²) in [5.74, 6) is 0.312. The number of aromatic nitrogens is 4. The van der Waals surface area contributed by atoms with E-state index < -0.39 is 9.84 Å². The van der Waals surface area contributed by atoms with Gasteiger partial charge in [-0.2, -0.15) is 10.1 Å². The van der Waals surface area contributed by atoms with Crippen molar-refractivity contribution in [3.63, 3.8) is 0 Å². The third-order valence-electron chi connectivity index (χ3n) is 4.06. The van der Waals surface area contributed by atoms with Gasteiger partial charge in [0.1, 0.15) is 5.39 Å². The van der Waals surface area contributed by atoms with Crippen LogP contribution in [-0.4, -0.2) is 40.5 Å². The lowest BCUT2D eigenvalue weighted by atomic mass is 10.1. The summed E-state index contributed by atoms with van der Waals surface area (Å²) in [4.78, 5) is 19.6. The number of H-pyrrole nitrogens is 1. The van der Waals surface area contributed by atoms with Gasteiger partial charge in [0.05, 0.1) is 22.4 Å². The number of benzene rings is 1. The van der Waals surface area contributed by atoms with Gasteiger partial charge in [0.15, 0.2) is 15.5 Å². The topological polar surface area (TPSA) is 110 Å². The van der Waals surface area contributed by atoms with Crippen LogP contribution in [0.1, 0.15) is 27.2 Å². The van der Waals surface area contributed by atoms with Crippen LogP contribution in [0.15, 0.2) is 46.2 Å². The Balaban J connectivity index is 1.70. The summed E-state index contributed by atoms with van der Waals surface area (Å²) in [5.41, 5.74) is -0.107. The number of fused-ring (bicyclic) bond motifs is 1. The van der Waals surface area contributed by atoms with Crippen LogP contribution < -0.4 is 10.9 Å². The van der Waals surface area contributed by atoms with Gasteiger partial charge >= 0.3 is 0 Å². The highest BCUT2D eigenvalue weighted by atomic mass is 32.2. The predicted molar refractivity (Wildman–Crippen MR) is 105 cm³/mol. The van der Waals surface area contributed by atoms with Gasteiger partial charge in [0.25, 0.3) is 5.56 Å². The van der Waals surface area contributed by atoms with Crippen molar-refractivity contribution in [1.82, 2.24) is 19.7 Å². The number of aromatic amines is 1. The summed E-state index contributed by atoms with van der Waals surface area (Å²) < 4.78 is 26.3. The second kappa shape index (κ2) is 7.15. The third-order valence-corrected chi connectivity index (χ3v) is 5.87. The molecule has 8 nitrogen and oxygen atoms in total. The number of sulfone groups is 1. The Hall–Kier alpha value is -2.68. The van der Waals surface area contributed by atoms with Crippen LogP contribution in [0, 0.1) is 0 Å². The lowest BCUT2D eigenvalue weighted by Crippen LogP contribution is -2.24. The lowest BCUT2D eigenvalue weighted by molar-refractivity contribution is 0.366. The number of hydrogen-bond donors (Lipinski definition) is 2. The van der Waals surface area contributed by atoms with E-state index in [-0.39, 0.29) is 16.9 Å². The average Bonchev–Trinajstić information content (AvgIpc) is 3.04. The fourth-order valence-electron chi connectivity index (χ4n) is 2.71. The number of hydrogen-bond acceptors (Lipinski definition) is 6. The van der Waals surface area contributed by atoms with Crippen LogP contribution in [0.4, 0.5) is 5.95 Å². The molecule has 0 aliphatic rings. The molecule has 2 heterocycles. The van der Waals surface area contributed by atoms with Crippen LogP contribution in [0.5, 0.6) is 0 Å². The Morgan fingerprint density at radius 3 is 2.56 bits per heavy atom. The quantitative estimate of drug-likeness (QED) is 0.625. The van der Waals surface area contributed by atoms with E-state index in [2.05, 4.69) is 20.4 Å². The molecule has 3 rings (SSSR count). The molecule has 0 amide bonds. The molecule has 0 spiro atoms. The van der Waals surface area contributed by atoms with Gasteiger partial charge in [-0.1, -0.05) is 18.2 Å². The second-order valence-electron chi connectivity index (χ2n) is 7.29. The first-order valence-electron chi connectivity index (χ1n) is 8.69. The van der Waals surface area contributed by atoms with Gasteiger partial charge in [-0.3, -0.25) is 9.78 Å². The van der Waals surface area contributed by atoms with Crippen LogP contribution >= 0.6 is 0 Å². The zero-order valence-corrected chi connectivity index (χ0v) is 16.4. The molecule has 3 aromatic rings. The van der Waals surface area contributed by atoms with Gasteiger partial charge in [-0.05, 0) is 39.3 Å². The number of anilines is 1. The standard InChI is InChI=1S/C18H23N5O3S/c1-18(2,3)23-15-14(12-20-23)16(24)22-17(21-15)19-10-7-11-27(25,26)13-8-5-4-6-9-13/h4-6,8-9,12H,7,10-11H2,1-3H3,(H2,19,21,22,24). The summed E-state index contributed by atoms with van der Waals surface area (Å²) in [6, 6.07) is 8.36. The van der Waals surface area contributed by atoms with Crippen molar-refractivity contribution in [2.75, 3.05) is 17.6 Å². The molecule has 2 aromatic heterocycles. The largest absolute Gasteiger partial charge is 0.356 e. The number of rotatable bonds is 6. The fraction of sp³-hybridized carbons (Fsp3) is 0.389. The van der Waals surface area contributed by atoms with E-state index in [4.69, 9.17) is 0 Å². The molecule has 0 fully saturated rings. The summed E-state index contributed by atoms with van der Waals surface area (Å²) >= 11 is 0. The molecule has 0 bridgehead atoms. The van der Waals surface area contributed by atoms with Crippen molar-refractivity contribution >= 4 is 26.8 Å². The van der Waals surface area contributed by atoms with Crippen molar-refractivity contribution in [3.8, 4) is 0 Å². The van der Waals surface area contributed by atoms with E-state index in [0.717, 1.165) is 0 Å². The molecule has 2 N–H and O–H groups in total. The van der Waals surface area contributed by atoms with Crippen molar-refractivity contribution in [3.05, 3.63) is 46.9 Å². The van der Waals surface area contributed by atoms with Gasteiger partial charge < -0.3 is 5.32 Å². The monoisotopic (exact) mass is 389 g/mol. The third kappa shape index (κ3) is 4.19. The SMILES string of the molecule is CC(C)(C)n1ncc2c(=O)[nH]c(NCCCS(=O)(=O)c3ccccc3)nc21. The van der Waals surface area contributed by atoms with Crippen molar-refractivity contribution < 1.29 is 8.42 Å². The van der Waals surface area contributed by atoms with Crippen LogP contribution in [0.25, 0.3) is 11.0 Å². The van der Waals surface area contributed by atoms with Gasteiger partial charge in [0, 0.05) is 6.54 Å². The maximum absolute atomic E-state index is 12.3. The van der Waals surface area contributed by atoms with E-state index in [9.17, 15) is 13.2 Å². The van der Waals surface area contributed by atoms with Gasteiger partial charge in [-0.25, -0.2) is 13.1 Å². The lowest BCUT2D eigenvalue weighted by Gasteiger charge is -2.19. The molecule has 1 aromatic carbocycles. The summed E-state index contributed by atoms with van der Waals surface area (Å²) in [6.45, 7) is 6.29. The van der Waals surface area contributed by atoms with Crippen LogP contribution in [0.2, 0.25) is 0 Å². The fourth-order valence-corrected chi connectivity index (χ4v) is 4.04. The molecular formula is C18H23N5O3S. The van der Waals surface area contributed by atoms with Crippen molar-refractivity contribution in [2.45, 2.75) is 37.6 Å². The van der Waals surface area contributed by atoms with Crippen molar-refractivity contribution in [2.24, 2.45) is 0 Å². The van der Waals surface area contributed by atoms with E-state index in [0.29, 0.717) is 34.8 Å². The first kappa shape index (κ1) is 19.1. The number of nitrogens with one attached hydrogen (secondary N) is 2. The second-order valence-corrected chi connectivity index (χ2v) is 9.40. The molecule has 27 heavy (non-hydrogen) atoms. The zero-order valence-electron chi connectivity index (χ0n) is 15.6. The van der Waals surface area contributed by atoms with E-state index >= 15 is 0 Å². The molecular weight excluding hydrogens is 366 g/mol. The Morgan fingerprint density at radius 1 is 1.19 bits per heavy atom. The first-order valence-corrected chi connectivity index (χ1v) is 10.3. The van der Waals surface area contributed by atoms with E-state index in [1.165, 1.54) is 6.20 Å². The summed E-state index contributed by atoms with van der Waals surface area (Å²) in [7, 11) is -3.32. The molecule has 0 aliphatic heterocycles. The van der Waals surface area contributed by atoms with Crippen molar-refractivity contribution in [1.29, 1.82) is 0 Å². The summed E-state index contributed by atoms with van der Waals surface area (Å²) in [5, 5.41) is 7.67. The maximum atomic E-state index is 12.3. The zero-order chi connectivity index (χ0) is 19.7. The Labute approximate surface area is 157 Å². The molecule has 9 heteroatoms. The van der Waals surface area contributed by atoms with E-state index in [1.807, 2.05) is 20.8 Å². The minimum atomic E-state index is -3.32. The highest BCUT2D eigenvalue weighted by Crippen LogP contribution is 2.18. The van der Waals surface area contributed by atoms with Crippen LogP contribution in [0.3, 0.4) is 0 Å². The minimum Gasteiger partial charge on any atom is -0.356 e. The van der Waals surface area contributed by atoms with E-state index in [1.54, 1.807) is 35.0 Å². The van der Waals surface area contributed by atoms with Gasteiger partial charge in [0.2, 0.25) is 5.95 Å². The molecule has 0 atom stereocenters. The molecule has 0 aliphatic carbocycles. The molecule has 144 valence electrons. The smallest absolute Gasteiger partial charge is 0.263 e. The minimum absolute atomic E-state index is 0.0103. The Morgan fingerprint density at radius 2 is 1.89 bits per heavy atom. The van der Waals surface area contributed by atoms with Gasteiger partial charge in [-0.15, -0.1) is 0 Å². The average molecular weight is 389 g/mol. The molecule has 0 radical (unpaired) electrons. The Bertz CT molecular complexity index is 1100. The Kier molecular flexibility index (Phi) is 5.05.